The fraction of sp³-hybridized carbons (Fsp3) is 0.0500. The summed E-state index contributed by atoms with van der Waals surface area (Å²) in [5.74, 6) is 2.36. The zero-order valence-corrected chi connectivity index (χ0v) is 16.9. The molecule has 0 saturated heterocycles. The van der Waals surface area contributed by atoms with Gasteiger partial charge in [-0.2, -0.15) is 10.1 Å². The lowest BCUT2D eigenvalue weighted by Gasteiger charge is -2.01. The van der Waals surface area contributed by atoms with Gasteiger partial charge in [-0.3, -0.25) is 9.89 Å². The minimum atomic E-state index is -0.109. The van der Waals surface area contributed by atoms with Crippen LogP contribution in [0.15, 0.2) is 79.0 Å². The molecule has 0 unspecified atom stereocenters. The Labute approximate surface area is 177 Å². The standard InChI is InChI=1S/C20H13BrN6O3/c21-13-5-3-4-12(10-13)17-22-18(25-24-17)19-23-20(30-26-19)15-8-7-14(29-15)11-27-9-2-1-6-16(27)28/h1-10H,11H2,(H,22,24,25). The average molecular weight is 465 g/mol. The first kappa shape index (κ1) is 18.3. The molecule has 0 fully saturated rings. The summed E-state index contributed by atoms with van der Waals surface area (Å²) in [7, 11) is 0. The lowest BCUT2D eigenvalue weighted by Crippen LogP contribution is -2.17. The number of aromatic amines is 1. The number of halogens is 1. The molecule has 0 atom stereocenters. The van der Waals surface area contributed by atoms with Crippen molar-refractivity contribution in [1.82, 2.24) is 29.9 Å². The van der Waals surface area contributed by atoms with E-state index in [1.165, 1.54) is 6.07 Å². The van der Waals surface area contributed by atoms with Gasteiger partial charge >= 0.3 is 0 Å². The quantitative estimate of drug-likeness (QED) is 0.420. The number of rotatable bonds is 5. The van der Waals surface area contributed by atoms with Gasteiger partial charge in [0.1, 0.15) is 5.76 Å². The number of pyridine rings is 1. The molecule has 0 spiro atoms. The van der Waals surface area contributed by atoms with Crippen LogP contribution in [0.1, 0.15) is 5.76 Å². The zero-order valence-electron chi connectivity index (χ0n) is 15.3. The van der Waals surface area contributed by atoms with Crippen LogP contribution < -0.4 is 5.56 Å². The van der Waals surface area contributed by atoms with Crippen molar-refractivity contribution >= 4 is 15.9 Å². The maximum atomic E-state index is 11.8. The number of nitrogens with one attached hydrogen (secondary N) is 1. The molecule has 4 heterocycles. The van der Waals surface area contributed by atoms with Crippen molar-refractivity contribution < 1.29 is 8.94 Å². The summed E-state index contributed by atoms with van der Waals surface area (Å²) < 4.78 is 13.5. The van der Waals surface area contributed by atoms with E-state index in [1.807, 2.05) is 24.3 Å². The Balaban J connectivity index is 1.37. The van der Waals surface area contributed by atoms with Crippen molar-refractivity contribution in [3.8, 4) is 34.7 Å². The van der Waals surface area contributed by atoms with Gasteiger partial charge in [-0.25, -0.2) is 4.98 Å². The van der Waals surface area contributed by atoms with Gasteiger partial charge in [0.05, 0.1) is 6.54 Å². The minimum Gasteiger partial charge on any atom is -0.454 e. The van der Waals surface area contributed by atoms with E-state index in [1.54, 1.807) is 35.0 Å². The maximum Gasteiger partial charge on any atom is 0.294 e. The van der Waals surface area contributed by atoms with Crippen molar-refractivity contribution in [2.45, 2.75) is 6.54 Å². The van der Waals surface area contributed by atoms with Crippen LogP contribution >= 0.6 is 15.9 Å². The number of hydrogen-bond acceptors (Lipinski definition) is 7. The highest BCUT2D eigenvalue weighted by Crippen LogP contribution is 2.25. The topological polar surface area (TPSA) is 116 Å². The van der Waals surface area contributed by atoms with Crippen LogP contribution in [-0.2, 0) is 6.54 Å². The first-order valence-electron chi connectivity index (χ1n) is 8.93. The second kappa shape index (κ2) is 7.56. The predicted octanol–water partition coefficient (Wildman–Crippen LogP) is 3.75. The van der Waals surface area contributed by atoms with Gasteiger partial charge in [-0.15, -0.1) is 0 Å². The molecule has 0 aliphatic rings. The van der Waals surface area contributed by atoms with Crippen LogP contribution in [0.3, 0.4) is 0 Å². The van der Waals surface area contributed by atoms with E-state index in [0.29, 0.717) is 29.7 Å². The summed E-state index contributed by atoms with van der Waals surface area (Å²) in [6, 6.07) is 16.1. The van der Waals surface area contributed by atoms with Crippen LogP contribution in [-0.4, -0.2) is 29.9 Å². The van der Waals surface area contributed by atoms with E-state index in [-0.39, 0.29) is 17.3 Å². The number of aromatic nitrogens is 6. The van der Waals surface area contributed by atoms with E-state index in [4.69, 9.17) is 8.94 Å². The molecule has 10 heteroatoms. The highest BCUT2D eigenvalue weighted by Gasteiger charge is 2.17. The van der Waals surface area contributed by atoms with Crippen LogP contribution in [0.2, 0.25) is 0 Å². The predicted molar refractivity (Wildman–Crippen MR) is 110 cm³/mol. The third-order valence-electron chi connectivity index (χ3n) is 4.30. The molecular weight excluding hydrogens is 452 g/mol. The summed E-state index contributed by atoms with van der Waals surface area (Å²) in [5, 5.41) is 11.0. The molecule has 0 radical (unpaired) electrons. The number of benzene rings is 1. The maximum absolute atomic E-state index is 11.8. The summed E-state index contributed by atoms with van der Waals surface area (Å²) in [6.07, 6.45) is 1.70. The Hall–Kier alpha value is -3.79. The molecule has 0 bridgehead atoms. The van der Waals surface area contributed by atoms with Gasteiger partial charge < -0.3 is 13.5 Å². The van der Waals surface area contributed by atoms with E-state index < -0.39 is 0 Å². The largest absolute Gasteiger partial charge is 0.454 e. The van der Waals surface area contributed by atoms with Crippen molar-refractivity contribution in [3.63, 3.8) is 0 Å². The minimum absolute atomic E-state index is 0.109. The molecular formula is C20H13BrN6O3. The zero-order chi connectivity index (χ0) is 20.5. The van der Waals surface area contributed by atoms with Crippen LogP contribution in [0, 0.1) is 0 Å². The van der Waals surface area contributed by atoms with Gasteiger partial charge in [0.2, 0.25) is 5.82 Å². The molecule has 5 aromatic rings. The first-order valence-corrected chi connectivity index (χ1v) is 9.72. The van der Waals surface area contributed by atoms with Crippen molar-refractivity contribution in [2.24, 2.45) is 0 Å². The van der Waals surface area contributed by atoms with E-state index in [0.717, 1.165) is 10.0 Å². The Morgan fingerprint density at radius 3 is 2.83 bits per heavy atom. The highest BCUT2D eigenvalue weighted by atomic mass is 79.9. The summed E-state index contributed by atoms with van der Waals surface area (Å²) in [5.41, 5.74) is 0.740. The van der Waals surface area contributed by atoms with Crippen molar-refractivity contribution in [3.05, 3.63) is 81.4 Å². The second-order valence-corrected chi connectivity index (χ2v) is 7.29. The summed E-state index contributed by atoms with van der Waals surface area (Å²) in [4.78, 5) is 20.6. The Morgan fingerprint density at radius 1 is 1.03 bits per heavy atom. The molecule has 148 valence electrons. The molecule has 0 saturated carbocycles. The molecule has 5 rings (SSSR count). The first-order chi connectivity index (χ1) is 14.7. The number of nitrogens with zero attached hydrogens (tertiary/aromatic N) is 5. The van der Waals surface area contributed by atoms with Gasteiger partial charge in [-0.05, 0) is 30.3 Å². The van der Waals surface area contributed by atoms with Gasteiger partial charge in [-0.1, -0.05) is 39.3 Å². The summed E-state index contributed by atoms with van der Waals surface area (Å²) in [6.45, 7) is 0.304. The molecule has 0 aliphatic heterocycles. The Bertz CT molecular complexity index is 1380. The highest BCUT2D eigenvalue weighted by molar-refractivity contribution is 9.10. The molecule has 0 aliphatic carbocycles. The van der Waals surface area contributed by atoms with Crippen molar-refractivity contribution in [2.75, 3.05) is 0 Å². The SMILES string of the molecule is O=c1ccccn1Cc1ccc(-c2nc(-c3nc(-c4cccc(Br)c4)n[nH]3)no2)o1. The average Bonchev–Trinajstić information content (AvgIpc) is 3.50. The van der Waals surface area contributed by atoms with Gasteiger partial charge in [0, 0.05) is 22.3 Å². The fourth-order valence-electron chi connectivity index (χ4n) is 2.88. The van der Waals surface area contributed by atoms with Crippen LogP contribution in [0.25, 0.3) is 34.7 Å². The van der Waals surface area contributed by atoms with Gasteiger partial charge in [0.25, 0.3) is 11.4 Å². The lowest BCUT2D eigenvalue weighted by atomic mass is 10.2. The number of furan rings is 1. The van der Waals surface area contributed by atoms with Gasteiger partial charge in [0.15, 0.2) is 17.4 Å². The monoisotopic (exact) mass is 464 g/mol. The fourth-order valence-corrected chi connectivity index (χ4v) is 3.27. The lowest BCUT2D eigenvalue weighted by molar-refractivity contribution is 0.409. The van der Waals surface area contributed by atoms with Crippen molar-refractivity contribution in [1.29, 1.82) is 0 Å². The molecule has 0 amide bonds. The smallest absolute Gasteiger partial charge is 0.294 e. The third-order valence-corrected chi connectivity index (χ3v) is 4.80. The van der Waals surface area contributed by atoms with Crippen LogP contribution in [0.4, 0.5) is 0 Å². The third kappa shape index (κ3) is 3.60. The van der Waals surface area contributed by atoms with E-state index in [2.05, 4.69) is 41.3 Å². The summed E-state index contributed by atoms with van der Waals surface area (Å²) >= 11 is 3.43. The van der Waals surface area contributed by atoms with Crippen LogP contribution in [0.5, 0.6) is 0 Å². The molecule has 1 aromatic carbocycles. The number of hydrogen-bond donors (Lipinski definition) is 1. The normalized spacial score (nSPS) is 11.1. The molecule has 30 heavy (non-hydrogen) atoms. The molecule has 9 nitrogen and oxygen atoms in total. The molecule has 4 aromatic heterocycles. The van der Waals surface area contributed by atoms with E-state index >= 15 is 0 Å². The number of H-pyrrole nitrogens is 1. The second-order valence-electron chi connectivity index (χ2n) is 6.37. The molecule has 1 N–H and O–H groups in total. The Kier molecular flexibility index (Phi) is 4.60. The Morgan fingerprint density at radius 2 is 1.97 bits per heavy atom. The van der Waals surface area contributed by atoms with E-state index in [9.17, 15) is 4.79 Å².